The summed E-state index contributed by atoms with van der Waals surface area (Å²) in [5.74, 6) is 0.0410. The molecule has 0 heterocycles. The number of ether oxygens (including phenoxy) is 1. The molecule has 3 rings (SSSR count). The molecular formula is C26H34IN3O5S. The molecule has 2 amide bonds. The van der Waals surface area contributed by atoms with Crippen molar-refractivity contribution in [3.63, 3.8) is 0 Å². The molecule has 1 fully saturated rings. The largest absolute Gasteiger partial charge is 0.497 e. The minimum atomic E-state index is -3.75. The van der Waals surface area contributed by atoms with E-state index in [1.165, 1.54) is 4.90 Å². The van der Waals surface area contributed by atoms with Crippen LogP contribution in [0.2, 0.25) is 0 Å². The van der Waals surface area contributed by atoms with Crippen LogP contribution >= 0.6 is 22.6 Å². The highest BCUT2D eigenvalue weighted by molar-refractivity contribution is 14.1. The summed E-state index contributed by atoms with van der Waals surface area (Å²) < 4.78 is 32.6. The van der Waals surface area contributed by atoms with Crippen LogP contribution in [0.3, 0.4) is 0 Å². The van der Waals surface area contributed by atoms with Gasteiger partial charge in [-0.2, -0.15) is 0 Å². The zero-order valence-electron chi connectivity index (χ0n) is 20.9. The number of hydrogen-bond donors (Lipinski definition) is 1. The van der Waals surface area contributed by atoms with Gasteiger partial charge < -0.3 is 15.0 Å². The molecule has 2 aromatic rings. The average Bonchev–Trinajstić information content (AvgIpc) is 3.35. The molecule has 1 atom stereocenters. The van der Waals surface area contributed by atoms with Gasteiger partial charge in [0.1, 0.15) is 18.3 Å². The topological polar surface area (TPSA) is 96.0 Å². The summed E-state index contributed by atoms with van der Waals surface area (Å²) >= 11 is 2.14. The van der Waals surface area contributed by atoms with E-state index in [1.54, 1.807) is 43.5 Å². The van der Waals surface area contributed by atoms with E-state index in [0.29, 0.717) is 17.9 Å². The Labute approximate surface area is 227 Å². The molecule has 10 heteroatoms. The third kappa shape index (κ3) is 7.58. The van der Waals surface area contributed by atoms with Crippen LogP contribution in [0.5, 0.6) is 5.75 Å². The molecule has 0 bridgehead atoms. The summed E-state index contributed by atoms with van der Waals surface area (Å²) in [7, 11) is -2.17. The first-order chi connectivity index (χ1) is 17.1. The maximum Gasteiger partial charge on any atom is 0.244 e. The van der Waals surface area contributed by atoms with E-state index in [1.807, 2.05) is 19.1 Å². The van der Waals surface area contributed by atoms with Crippen LogP contribution in [0.15, 0.2) is 48.5 Å². The zero-order chi connectivity index (χ0) is 26.3. The number of rotatable bonds is 11. The molecule has 0 saturated heterocycles. The number of sulfonamides is 1. The number of amides is 2. The fourth-order valence-corrected chi connectivity index (χ4v) is 5.64. The Hall–Kier alpha value is -2.34. The highest BCUT2D eigenvalue weighted by Gasteiger charge is 2.33. The number of carbonyl (C=O) groups excluding carboxylic acids is 2. The van der Waals surface area contributed by atoms with Gasteiger partial charge in [-0.05, 0) is 83.8 Å². The number of anilines is 1. The van der Waals surface area contributed by atoms with E-state index < -0.39 is 28.5 Å². The van der Waals surface area contributed by atoms with Crippen LogP contribution in [-0.2, 0) is 26.2 Å². The summed E-state index contributed by atoms with van der Waals surface area (Å²) in [6, 6.07) is 13.6. The maximum atomic E-state index is 13.7. The maximum absolute atomic E-state index is 13.7. The van der Waals surface area contributed by atoms with Crippen molar-refractivity contribution in [1.29, 1.82) is 0 Å². The van der Waals surface area contributed by atoms with Crippen molar-refractivity contribution in [2.45, 2.75) is 57.7 Å². The molecule has 8 nitrogen and oxygen atoms in total. The Morgan fingerprint density at radius 1 is 1.08 bits per heavy atom. The lowest BCUT2D eigenvalue weighted by Crippen LogP contribution is -2.53. The molecule has 0 radical (unpaired) electrons. The van der Waals surface area contributed by atoms with Crippen LogP contribution in [0.1, 0.15) is 44.6 Å². The van der Waals surface area contributed by atoms with Crippen molar-refractivity contribution in [3.05, 3.63) is 57.7 Å². The molecular weight excluding hydrogens is 593 g/mol. The fourth-order valence-electron chi connectivity index (χ4n) is 4.44. The van der Waals surface area contributed by atoms with Crippen LogP contribution in [-0.4, -0.2) is 57.1 Å². The smallest absolute Gasteiger partial charge is 0.244 e. The Morgan fingerprint density at radius 3 is 2.22 bits per heavy atom. The second kappa shape index (κ2) is 12.8. The van der Waals surface area contributed by atoms with Crippen molar-refractivity contribution >= 4 is 50.1 Å². The first-order valence-electron chi connectivity index (χ1n) is 12.1. The predicted octanol–water partition coefficient (Wildman–Crippen LogP) is 3.93. The Bertz CT molecular complexity index is 1130. The van der Waals surface area contributed by atoms with Crippen LogP contribution in [0.25, 0.3) is 0 Å². The molecule has 1 aliphatic carbocycles. The Kier molecular flexibility index (Phi) is 10.0. The van der Waals surface area contributed by atoms with Crippen molar-refractivity contribution in [3.8, 4) is 5.75 Å². The van der Waals surface area contributed by atoms with Gasteiger partial charge in [-0.1, -0.05) is 31.9 Å². The number of methoxy groups -OCH3 is 1. The molecule has 196 valence electrons. The summed E-state index contributed by atoms with van der Waals surface area (Å²) in [5, 5.41) is 3.11. The average molecular weight is 628 g/mol. The zero-order valence-corrected chi connectivity index (χ0v) is 23.9. The molecule has 1 aliphatic rings. The van der Waals surface area contributed by atoms with Crippen LogP contribution < -0.4 is 14.4 Å². The molecule has 1 N–H and O–H groups in total. The number of hydrogen-bond acceptors (Lipinski definition) is 5. The lowest BCUT2D eigenvalue weighted by molar-refractivity contribution is -0.140. The summed E-state index contributed by atoms with van der Waals surface area (Å²) in [6.07, 6.45) is 5.51. The Balaban J connectivity index is 1.90. The molecule has 0 spiro atoms. The van der Waals surface area contributed by atoms with E-state index in [0.717, 1.165) is 45.4 Å². The van der Waals surface area contributed by atoms with E-state index in [9.17, 15) is 18.0 Å². The highest BCUT2D eigenvalue weighted by atomic mass is 127. The van der Waals surface area contributed by atoms with E-state index >= 15 is 0 Å². The SMILES string of the molecule is CCC(C(=O)NC1CCCC1)N(Cc1ccc(OC)cc1)C(=O)CN(c1ccc(I)cc1)S(C)(=O)=O. The van der Waals surface area contributed by atoms with E-state index in [2.05, 4.69) is 27.9 Å². The van der Waals surface area contributed by atoms with Crippen molar-refractivity contribution < 1.29 is 22.7 Å². The van der Waals surface area contributed by atoms with Crippen LogP contribution in [0.4, 0.5) is 5.69 Å². The number of nitrogens with one attached hydrogen (secondary N) is 1. The molecule has 0 aromatic heterocycles. The first-order valence-corrected chi connectivity index (χ1v) is 15.0. The van der Waals surface area contributed by atoms with Gasteiger partial charge in [0.05, 0.1) is 19.1 Å². The van der Waals surface area contributed by atoms with Crippen LogP contribution in [0, 0.1) is 3.57 Å². The van der Waals surface area contributed by atoms with Gasteiger partial charge >= 0.3 is 0 Å². The lowest BCUT2D eigenvalue weighted by Gasteiger charge is -2.33. The number of halogens is 1. The molecule has 36 heavy (non-hydrogen) atoms. The minimum absolute atomic E-state index is 0.115. The first kappa shape index (κ1) is 28.2. The van der Waals surface area contributed by atoms with Crippen molar-refractivity contribution in [1.82, 2.24) is 10.2 Å². The number of nitrogens with zero attached hydrogens (tertiary/aromatic N) is 2. The number of carbonyl (C=O) groups is 2. The lowest BCUT2D eigenvalue weighted by atomic mass is 10.1. The van der Waals surface area contributed by atoms with Crippen molar-refractivity contribution in [2.75, 3.05) is 24.2 Å². The van der Waals surface area contributed by atoms with Gasteiger partial charge in [0, 0.05) is 16.2 Å². The van der Waals surface area contributed by atoms with Crippen molar-refractivity contribution in [2.24, 2.45) is 0 Å². The molecule has 0 aliphatic heterocycles. The normalized spacial score (nSPS) is 14.8. The summed E-state index contributed by atoms with van der Waals surface area (Å²) in [5.41, 5.74) is 1.22. The third-order valence-electron chi connectivity index (χ3n) is 6.39. The molecule has 2 aromatic carbocycles. The second-order valence-electron chi connectivity index (χ2n) is 9.03. The van der Waals surface area contributed by atoms with E-state index in [4.69, 9.17) is 4.74 Å². The summed E-state index contributed by atoms with van der Waals surface area (Å²) in [4.78, 5) is 28.5. The minimum Gasteiger partial charge on any atom is -0.497 e. The van der Waals surface area contributed by atoms with Gasteiger partial charge in [-0.3, -0.25) is 13.9 Å². The second-order valence-corrected chi connectivity index (χ2v) is 12.2. The molecule has 1 saturated carbocycles. The highest BCUT2D eigenvalue weighted by Crippen LogP contribution is 2.23. The standard InChI is InChI=1S/C26H34IN3O5S/c1-4-24(26(32)28-21-7-5-6-8-21)29(17-19-9-15-23(35-2)16-10-19)25(31)18-30(36(3,33)34)22-13-11-20(27)12-14-22/h9-16,21,24H,4-8,17-18H2,1-3H3,(H,28,32). The van der Waals surface area contributed by atoms with Gasteiger partial charge in [0.15, 0.2) is 0 Å². The monoisotopic (exact) mass is 627 g/mol. The fraction of sp³-hybridized carbons (Fsp3) is 0.462. The quantitative estimate of drug-likeness (QED) is 0.381. The number of benzene rings is 2. The Morgan fingerprint density at radius 2 is 1.69 bits per heavy atom. The molecule has 1 unspecified atom stereocenters. The third-order valence-corrected chi connectivity index (χ3v) is 8.25. The van der Waals surface area contributed by atoms with Gasteiger partial charge in [0.2, 0.25) is 21.8 Å². The van der Waals surface area contributed by atoms with Gasteiger partial charge in [-0.25, -0.2) is 8.42 Å². The summed E-state index contributed by atoms with van der Waals surface area (Å²) in [6.45, 7) is 1.63. The predicted molar refractivity (Wildman–Crippen MR) is 149 cm³/mol. The van der Waals surface area contributed by atoms with Gasteiger partial charge in [-0.15, -0.1) is 0 Å². The van der Waals surface area contributed by atoms with E-state index in [-0.39, 0.29) is 18.5 Å². The van der Waals surface area contributed by atoms with Gasteiger partial charge in [0.25, 0.3) is 0 Å².